The highest BCUT2D eigenvalue weighted by molar-refractivity contribution is 7.89. The number of furan rings is 1. The quantitative estimate of drug-likeness (QED) is 0.355. The van der Waals surface area contributed by atoms with Crippen molar-refractivity contribution in [2.45, 2.75) is 51.3 Å². The molecule has 0 aliphatic rings. The van der Waals surface area contributed by atoms with Crippen LogP contribution >= 0.6 is 11.6 Å². The van der Waals surface area contributed by atoms with Gasteiger partial charge in [-0.2, -0.15) is 4.31 Å². The molecule has 0 aliphatic carbocycles. The minimum absolute atomic E-state index is 0.0498. The number of fused-ring (bicyclic) bond motifs is 1. The van der Waals surface area contributed by atoms with E-state index in [4.69, 9.17) is 16.0 Å². The summed E-state index contributed by atoms with van der Waals surface area (Å²) < 4.78 is 47.2. The van der Waals surface area contributed by atoms with E-state index in [0.29, 0.717) is 35.3 Å². The van der Waals surface area contributed by atoms with Gasteiger partial charge in [0.05, 0.1) is 9.92 Å². The Balaban J connectivity index is 1.92. The Morgan fingerprint density at radius 3 is 2.36 bits per heavy atom. The van der Waals surface area contributed by atoms with Crippen molar-refractivity contribution in [2.24, 2.45) is 0 Å². The van der Waals surface area contributed by atoms with E-state index in [2.05, 4.69) is 5.32 Å². The van der Waals surface area contributed by atoms with E-state index in [1.807, 2.05) is 13.8 Å². The number of sulfonamides is 1. The fourth-order valence-corrected chi connectivity index (χ4v) is 5.23. The maximum atomic E-state index is 13.4. The molecule has 9 heteroatoms. The van der Waals surface area contributed by atoms with Gasteiger partial charge in [0.2, 0.25) is 10.0 Å². The number of hydrogen-bond donors (Lipinski definition) is 1. The SMILES string of the molecule is CCCCN(CCCC)S(=O)(=O)c1ccc2oc(C(=O)Nc3ccc(F)c(Cl)c3)c(C)c2c1. The van der Waals surface area contributed by atoms with Crippen LogP contribution in [0.25, 0.3) is 11.0 Å². The zero-order chi connectivity index (χ0) is 24.2. The number of nitrogens with zero attached hydrogens (tertiary/aromatic N) is 1. The summed E-state index contributed by atoms with van der Waals surface area (Å²) in [7, 11) is -3.68. The zero-order valence-electron chi connectivity index (χ0n) is 19.0. The Kier molecular flexibility index (Phi) is 8.15. The highest BCUT2D eigenvalue weighted by Gasteiger charge is 2.26. The number of carbonyl (C=O) groups excluding carboxylic acids is 1. The van der Waals surface area contributed by atoms with Crippen molar-refractivity contribution in [3.05, 3.63) is 58.6 Å². The van der Waals surface area contributed by atoms with Crippen molar-refractivity contribution < 1.29 is 22.0 Å². The van der Waals surface area contributed by atoms with Gasteiger partial charge in [0.25, 0.3) is 5.91 Å². The number of benzene rings is 2. The van der Waals surface area contributed by atoms with Gasteiger partial charge in [-0.1, -0.05) is 38.3 Å². The predicted molar refractivity (Wildman–Crippen MR) is 129 cm³/mol. The number of hydrogen-bond acceptors (Lipinski definition) is 4. The first-order valence-corrected chi connectivity index (χ1v) is 12.8. The van der Waals surface area contributed by atoms with Crippen molar-refractivity contribution in [1.29, 1.82) is 0 Å². The number of unbranched alkanes of at least 4 members (excludes halogenated alkanes) is 2. The molecule has 178 valence electrons. The number of aryl methyl sites for hydroxylation is 1. The van der Waals surface area contributed by atoms with Crippen molar-refractivity contribution >= 4 is 44.2 Å². The first kappa shape index (κ1) is 25.2. The monoisotopic (exact) mass is 494 g/mol. The van der Waals surface area contributed by atoms with E-state index in [9.17, 15) is 17.6 Å². The fourth-order valence-electron chi connectivity index (χ4n) is 3.51. The van der Waals surface area contributed by atoms with Crippen molar-refractivity contribution in [2.75, 3.05) is 18.4 Å². The molecule has 0 saturated heterocycles. The van der Waals surface area contributed by atoms with E-state index < -0.39 is 21.7 Å². The van der Waals surface area contributed by atoms with Gasteiger partial charge in [-0.15, -0.1) is 0 Å². The first-order chi connectivity index (χ1) is 15.7. The van der Waals surface area contributed by atoms with Crippen LogP contribution in [0.5, 0.6) is 0 Å². The Bertz CT molecular complexity index is 1250. The van der Waals surface area contributed by atoms with Gasteiger partial charge < -0.3 is 9.73 Å². The number of amides is 1. The Hall–Kier alpha value is -2.42. The average Bonchev–Trinajstić information content (AvgIpc) is 3.12. The molecule has 33 heavy (non-hydrogen) atoms. The minimum atomic E-state index is -3.68. The number of anilines is 1. The molecule has 0 unspecified atom stereocenters. The van der Waals surface area contributed by atoms with Gasteiger partial charge in [-0.3, -0.25) is 4.79 Å². The van der Waals surface area contributed by atoms with Crippen LogP contribution in [-0.4, -0.2) is 31.7 Å². The molecule has 6 nitrogen and oxygen atoms in total. The lowest BCUT2D eigenvalue weighted by Gasteiger charge is -2.22. The second kappa shape index (κ2) is 10.7. The van der Waals surface area contributed by atoms with Gasteiger partial charge in [0.1, 0.15) is 11.4 Å². The summed E-state index contributed by atoms with van der Waals surface area (Å²) in [5.41, 5.74) is 1.24. The van der Waals surface area contributed by atoms with E-state index >= 15 is 0 Å². The highest BCUT2D eigenvalue weighted by atomic mass is 35.5. The van der Waals surface area contributed by atoms with Crippen molar-refractivity contribution in [3.63, 3.8) is 0 Å². The minimum Gasteiger partial charge on any atom is -0.451 e. The molecule has 3 rings (SSSR count). The lowest BCUT2D eigenvalue weighted by atomic mass is 10.1. The van der Waals surface area contributed by atoms with Crippen LogP contribution in [0.15, 0.2) is 45.7 Å². The molecule has 1 N–H and O–H groups in total. The van der Waals surface area contributed by atoms with Crippen LogP contribution in [0, 0.1) is 12.7 Å². The molecule has 1 amide bonds. The normalized spacial score (nSPS) is 11.9. The summed E-state index contributed by atoms with van der Waals surface area (Å²) in [4.78, 5) is 12.9. The summed E-state index contributed by atoms with van der Waals surface area (Å²) >= 11 is 5.78. The number of carbonyl (C=O) groups is 1. The van der Waals surface area contributed by atoms with Gasteiger partial charge >= 0.3 is 0 Å². The Morgan fingerprint density at radius 1 is 1.09 bits per heavy atom. The second-order valence-corrected chi connectivity index (χ2v) is 10.3. The Morgan fingerprint density at radius 2 is 1.76 bits per heavy atom. The molecule has 3 aromatic rings. The molecule has 1 aromatic heterocycles. The number of nitrogens with one attached hydrogen (secondary N) is 1. The summed E-state index contributed by atoms with van der Waals surface area (Å²) in [6, 6.07) is 8.48. The molecule has 0 aliphatic heterocycles. The van der Waals surface area contributed by atoms with Gasteiger partial charge in [-0.25, -0.2) is 12.8 Å². The number of halogens is 2. The van der Waals surface area contributed by atoms with Crippen LogP contribution in [0.2, 0.25) is 5.02 Å². The van der Waals surface area contributed by atoms with Crippen LogP contribution < -0.4 is 5.32 Å². The third-order valence-electron chi connectivity index (χ3n) is 5.45. The summed E-state index contributed by atoms with van der Waals surface area (Å²) in [6.45, 7) is 6.68. The molecule has 0 atom stereocenters. The standard InChI is InChI=1S/C24H28ClFN2O4S/c1-4-6-12-28(13-7-5-2)33(30,31)18-9-11-22-19(15-18)16(3)23(32-22)24(29)27-17-8-10-21(26)20(25)14-17/h8-11,14-15H,4-7,12-13H2,1-3H3,(H,27,29). The third kappa shape index (κ3) is 5.57. The van der Waals surface area contributed by atoms with Gasteiger partial charge in [-0.05, 0) is 56.2 Å². The maximum absolute atomic E-state index is 13.4. The molecule has 0 spiro atoms. The van der Waals surface area contributed by atoms with Crippen LogP contribution in [0.3, 0.4) is 0 Å². The van der Waals surface area contributed by atoms with Crippen molar-refractivity contribution in [1.82, 2.24) is 4.31 Å². The molecular formula is C24H28ClFN2O4S. The van der Waals surface area contributed by atoms with E-state index in [1.165, 1.54) is 22.5 Å². The Labute approximate surface area is 198 Å². The molecule has 1 heterocycles. The molecule has 0 fully saturated rings. The summed E-state index contributed by atoms with van der Waals surface area (Å²) in [6.07, 6.45) is 3.37. The number of rotatable bonds is 10. The average molecular weight is 495 g/mol. The van der Waals surface area contributed by atoms with E-state index in [-0.39, 0.29) is 15.7 Å². The lowest BCUT2D eigenvalue weighted by Crippen LogP contribution is -2.33. The second-order valence-electron chi connectivity index (χ2n) is 7.91. The van der Waals surface area contributed by atoms with Crippen LogP contribution in [-0.2, 0) is 10.0 Å². The smallest absolute Gasteiger partial charge is 0.291 e. The van der Waals surface area contributed by atoms with E-state index in [0.717, 1.165) is 31.7 Å². The largest absolute Gasteiger partial charge is 0.451 e. The predicted octanol–water partition coefficient (Wildman–Crippen LogP) is 6.38. The molecule has 0 radical (unpaired) electrons. The van der Waals surface area contributed by atoms with Crippen molar-refractivity contribution in [3.8, 4) is 0 Å². The van der Waals surface area contributed by atoms with Crippen LogP contribution in [0.1, 0.15) is 55.6 Å². The van der Waals surface area contributed by atoms with Gasteiger partial charge in [0.15, 0.2) is 5.76 Å². The first-order valence-electron chi connectivity index (χ1n) is 11.0. The fraction of sp³-hybridized carbons (Fsp3) is 0.375. The van der Waals surface area contributed by atoms with Crippen LogP contribution in [0.4, 0.5) is 10.1 Å². The molecule has 0 bridgehead atoms. The topological polar surface area (TPSA) is 79.6 Å². The molecule has 2 aromatic carbocycles. The molecular weight excluding hydrogens is 467 g/mol. The highest BCUT2D eigenvalue weighted by Crippen LogP contribution is 2.30. The zero-order valence-corrected chi connectivity index (χ0v) is 20.5. The molecule has 0 saturated carbocycles. The van der Waals surface area contributed by atoms with E-state index in [1.54, 1.807) is 19.1 Å². The summed E-state index contributed by atoms with van der Waals surface area (Å²) in [5.74, 6) is -1.08. The maximum Gasteiger partial charge on any atom is 0.291 e. The third-order valence-corrected chi connectivity index (χ3v) is 7.64. The van der Waals surface area contributed by atoms with Gasteiger partial charge in [0, 0.05) is 29.7 Å². The summed E-state index contributed by atoms with van der Waals surface area (Å²) in [5, 5.41) is 3.06. The lowest BCUT2D eigenvalue weighted by molar-refractivity contribution is 0.0998.